The van der Waals surface area contributed by atoms with E-state index in [0.29, 0.717) is 28.5 Å². The Morgan fingerprint density at radius 3 is 2.52 bits per heavy atom. The van der Waals surface area contributed by atoms with E-state index in [9.17, 15) is 9.90 Å². The SMILES string of the molecule is CCc1ccc(Oc2ccc(Cl)cc2)cc1C1=C(O)[C@H]([C@H]2CC[C@@H](C)O2)CC1=O. The molecule has 1 N–H and O–H groups in total. The number of benzene rings is 2. The van der Waals surface area contributed by atoms with Crippen molar-refractivity contribution >= 4 is 23.0 Å². The predicted molar refractivity (Wildman–Crippen MR) is 114 cm³/mol. The number of rotatable bonds is 5. The van der Waals surface area contributed by atoms with Crippen LogP contribution >= 0.6 is 11.6 Å². The molecule has 29 heavy (non-hydrogen) atoms. The molecule has 0 unspecified atom stereocenters. The molecule has 0 saturated carbocycles. The summed E-state index contributed by atoms with van der Waals surface area (Å²) in [6.45, 7) is 4.07. The zero-order chi connectivity index (χ0) is 20.5. The third-order valence-electron chi connectivity index (χ3n) is 5.79. The van der Waals surface area contributed by atoms with Crippen LogP contribution in [0.25, 0.3) is 5.57 Å². The number of Topliss-reactive ketones (excluding diaryl/α,β-unsaturated/α-hetero) is 1. The van der Waals surface area contributed by atoms with E-state index in [1.165, 1.54) is 0 Å². The molecular formula is C24H25ClO4. The summed E-state index contributed by atoms with van der Waals surface area (Å²) in [5.41, 5.74) is 2.16. The highest BCUT2D eigenvalue weighted by atomic mass is 35.5. The van der Waals surface area contributed by atoms with Gasteiger partial charge in [-0.15, -0.1) is 0 Å². The number of aliphatic hydroxyl groups excluding tert-OH is 1. The van der Waals surface area contributed by atoms with Gasteiger partial charge in [0.25, 0.3) is 0 Å². The van der Waals surface area contributed by atoms with Crippen molar-refractivity contribution in [2.24, 2.45) is 5.92 Å². The molecular weight excluding hydrogens is 388 g/mol. The Hall–Kier alpha value is -2.30. The first-order chi connectivity index (χ1) is 14.0. The molecule has 1 fully saturated rings. The van der Waals surface area contributed by atoms with Crippen molar-refractivity contribution in [3.63, 3.8) is 0 Å². The maximum atomic E-state index is 12.9. The summed E-state index contributed by atoms with van der Waals surface area (Å²) in [6, 6.07) is 12.8. The van der Waals surface area contributed by atoms with Crippen LogP contribution in [0.2, 0.25) is 5.02 Å². The molecule has 1 saturated heterocycles. The van der Waals surface area contributed by atoms with E-state index in [4.69, 9.17) is 21.1 Å². The van der Waals surface area contributed by atoms with E-state index < -0.39 is 0 Å². The number of carbonyl (C=O) groups is 1. The van der Waals surface area contributed by atoms with E-state index in [0.717, 1.165) is 30.4 Å². The topological polar surface area (TPSA) is 55.8 Å². The van der Waals surface area contributed by atoms with Crippen LogP contribution < -0.4 is 4.74 Å². The van der Waals surface area contributed by atoms with Crippen LogP contribution in [0.1, 0.15) is 44.2 Å². The van der Waals surface area contributed by atoms with E-state index in [2.05, 4.69) is 0 Å². The molecule has 1 aliphatic heterocycles. The summed E-state index contributed by atoms with van der Waals surface area (Å²) in [5.74, 6) is 1.14. The number of allylic oxidation sites excluding steroid dienone is 1. The molecule has 4 nitrogen and oxygen atoms in total. The van der Waals surface area contributed by atoms with E-state index in [1.807, 2.05) is 32.0 Å². The third-order valence-corrected chi connectivity index (χ3v) is 6.04. The molecule has 3 atom stereocenters. The lowest BCUT2D eigenvalue weighted by atomic mass is 9.95. The second-order valence-electron chi connectivity index (χ2n) is 7.79. The van der Waals surface area contributed by atoms with Crippen molar-refractivity contribution in [2.75, 3.05) is 0 Å². The van der Waals surface area contributed by atoms with E-state index >= 15 is 0 Å². The Morgan fingerprint density at radius 2 is 1.86 bits per heavy atom. The average molecular weight is 413 g/mol. The number of carbonyl (C=O) groups excluding carboxylic acids is 1. The molecule has 0 aromatic heterocycles. The number of ether oxygens (including phenoxy) is 2. The normalized spacial score (nSPS) is 24.4. The molecule has 4 rings (SSSR count). The van der Waals surface area contributed by atoms with Gasteiger partial charge in [-0.1, -0.05) is 24.6 Å². The molecule has 2 aromatic rings. The Kier molecular flexibility index (Phi) is 5.66. The largest absolute Gasteiger partial charge is 0.511 e. The molecule has 0 amide bonds. The number of hydrogen-bond donors (Lipinski definition) is 1. The zero-order valence-corrected chi connectivity index (χ0v) is 17.4. The molecule has 0 radical (unpaired) electrons. The van der Waals surface area contributed by atoms with Gasteiger partial charge in [-0.05, 0) is 73.7 Å². The molecule has 2 aromatic carbocycles. The van der Waals surface area contributed by atoms with Crippen molar-refractivity contribution in [3.05, 3.63) is 64.4 Å². The summed E-state index contributed by atoms with van der Waals surface area (Å²) < 4.78 is 11.9. The fraction of sp³-hybridized carbons (Fsp3) is 0.375. The molecule has 2 aliphatic rings. The van der Waals surface area contributed by atoms with E-state index in [-0.39, 0.29) is 29.7 Å². The number of aryl methyl sites for hydroxylation is 1. The van der Waals surface area contributed by atoms with Crippen molar-refractivity contribution in [3.8, 4) is 11.5 Å². The molecule has 0 spiro atoms. The van der Waals surface area contributed by atoms with Crippen LogP contribution in [0, 0.1) is 5.92 Å². The Balaban J connectivity index is 1.67. The van der Waals surface area contributed by atoms with Gasteiger partial charge in [0.2, 0.25) is 0 Å². The highest BCUT2D eigenvalue weighted by Crippen LogP contribution is 2.42. The first kappa shape index (κ1) is 20.0. The van der Waals surface area contributed by atoms with Gasteiger partial charge in [0.05, 0.1) is 23.7 Å². The predicted octanol–water partition coefficient (Wildman–Crippen LogP) is 6.12. The molecule has 5 heteroatoms. The number of halogens is 1. The molecule has 0 bridgehead atoms. The van der Waals surface area contributed by atoms with Crippen molar-refractivity contribution in [2.45, 2.75) is 51.7 Å². The highest BCUT2D eigenvalue weighted by molar-refractivity contribution is 6.30. The van der Waals surface area contributed by atoms with Crippen LogP contribution in [-0.4, -0.2) is 23.1 Å². The van der Waals surface area contributed by atoms with Crippen molar-refractivity contribution in [1.29, 1.82) is 0 Å². The van der Waals surface area contributed by atoms with Gasteiger partial charge in [-0.3, -0.25) is 4.79 Å². The number of hydrogen-bond acceptors (Lipinski definition) is 4. The Morgan fingerprint density at radius 1 is 1.14 bits per heavy atom. The monoisotopic (exact) mass is 412 g/mol. The second kappa shape index (κ2) is 8.21. The van der Waals surface area contributed by atoms with Crippen LogP contribution in [0.15, 0.2) is 48.2 Å². The lowest BCUT2D eigenvalue weighted by Crippen LogP contribution is -2.21. The van der Waals surface area contributed by atoms with Crippen LogP contribution in [0.5, 0.6) is 11.5 Å². The lowest BCUT2D eigenvalue weighted by Gasteiger charge is -2.18. The Labute approximate surface area is 176 Å². The number of aliphatic hydroxyl groups is 1. The summed E-state index contributed by atoms with van der Waals surface area (Å²) in [7, 11) is 0. The zero-order valence-electron chi connectivity index (χ0n) is 16.7. The fourth-order valence-electron chi connectivity index (χ4n) is 4.25. The van der Waals surface area contributed by atoms with Gasteiger partial charge in [0, 0.05) is 11.4 Å². The fourth-order valence-corrected chi connectivity index (χ4v) is 4.38. The number of ketones is 1. The first-order valence-electron chi connectivity index (χ1n) is 10.1. The lowest BCUT2D eigenvalue weighted by molar-refractivity contribution is -0.114. The minimum absolute atomic E-state index is 0.0333. The highest BCUT2D eigenvalue weighted by Gasteiger charge is 2.41. The maximum absolute atomic E-state index is 12.9. The summed E-state index contributed by atoms with van der Waals surface area (Å²) in [6.07, 6.45) is 2.96. The minimum Gasteiger partial charge on any atom is -0.511 e. The standard InChI is InChI=1S/C24H25ClO4/c1-3-15-5-8-18(29-17-9-6-16(25)7-10-17)12-19(15)23-21(26)13-20(24(23)27)22-11-4-14(2)28-22/h5-10,12,14,20,22,27H,3-4,11,13H2,1-2H3/t14-,20+,22-/m1/s1. The van der Waals surface area contributed by atoms with E-state index in [1.54, 1.807) is 24.3 Å². The average Bonchev–Trinajstić information content (AvgIpc) is 3.26. The van der Waals surface area contributed by atoms with Gasteiger partial charge in [0.15, 0.2) is 5.78 Å². The summed E-state index contributed by atoms with van der Waals surface area (Å²) in [4.78, 5) is 12.9. The van der Waals surface area contributed by atoms with Gasteiger partial charge >= 0.3 is 0 Å². The quantitative estimate of drug-likeness (QED) is 0.642. The van der Waals surface area contributed by atoms with Crippen molar-refractivity contribution in [1.82, 2.24) is 0 Å². The van der Waals surface area contributed by atoms with Gasteiger partial charge in [-0.25, -0.2) is 0 Å². The second-order valence-corrected chi connectivity index (χ2v) is 8.22. The van der Waals surface area contributed by atoms with Gasteiger partial charge in [-0.2, -0.15) is 0 Å². The maximum Gasteiger partial charge on any atom is 0.167 e. The van der Waals surface area contributed by atoms with Crippen LogP contribution in [0.3, 0.4) is 0 Å². The first-order valence-corrected chi connectivity index (χ1v) is 10.5. The molecule has 1 aliphatic carbocycles. The molecule has 1 heterocycles. The smallest absolute Gasteiger partial charge is 0.167 e. The minimum atomic E-state index is -0.256. The summed E-state index contributed by atoms with van der Waals surface area (Å²) in [5, 5.41) is 11.6. The third kappa shape index (κ3) is 4.05. The van der Waals surface area contributed by atoms with Crippen LogP contribution in [-0.2, 0) is 16.0 Å². The molecule has 152 valence electrons. The van der Waals surface area contributed by atoms with Gasteiger partial charge in [0.1, 0.15) is 17.3 Å². The van der Waals surface area contributed by atoms with Crippen molar-refractivity contribution < 1.29 is 19.4 Å². The van der Waals surface area contributed by atoms with Crippen LogP contribution in [0.4, 0.5) is 0 Å². The summed E-state index contributed by atoms with van der Waals surface area (Å²) >= 11 is 5.94. The Bertz CT molecular complexity index is 948. The van der Waals surface area contributed by atoms with Gasteiger partial charge < -0.3 is 14.6 Å².